The molecule has 152 valence electrons. The van der Waals surface area contributed by atoms with Crippen molar-refractivity contribution in [1.82, 2.24) is 9.55 Å². The average Bonchev–Trinajstić information content (AvgIpc) is 3.03. The average molecular weight is 425 g/mol. The molecule has 0 amide bonds. The van der Waals surface area contributed by atoms with Crippen LogP contribution in [0.2, 0.25) is 0 Å². The summed E-state index contributed by atoms with van der Waals surface area (Å²) in [6.07, 6.45) is -3.90. The third-order valence-corrected chi connectivity index (χ3v) is 5.46. The molecule has 7 nitrogen and oxygen atoms in total. The van der Waals surface area contributed by atoms with E-state index in [1.165, 1.54) is 0 Å². The van der Waals surface area contributed by atoms with Crippen molar-refractivity contribution in [2.24, 2.45) is 7.05 Å². The number of halogens is 3. The minimum Gasteiger partial charge on any atom is -0.349 e. The number of nitrogens with zero attached hydrogens (tertiary/aromatic N) is 2. The van der Waals surface area contributed by atoms with E-state index < -0.39 is 39.9 Å². The Morgan fingerprint density at radius 3 is 2.48 bits per heavy atom. The Kier molecular flexibility index (Phi) is 5.18. The van der Waals surface area contributed by atoms with Gasteiger partial charge in [0.2, 0.25) is 5.78 Å². The van der Waals surface area contributed by atoms with E-state index in [9.17, 15) is 31.2 Å². The van der Waals surface area contributed by atoms with E-state index in [-0.39, 0.29) is 4.90 Å². The molecule has 0 bridgehead atoms. The van der Waals surface area contributed by atoms with E-state index in [2.05, 4.69) is 9.71 Å². The number of aromatic nitrogens is 2. The molecule has 0 atom stereocenters. The molecular weight excluding hydrogens is 411 g/mol. The summed E-state index contributed by atoms with van der Waals surface area (Å²) in [7, 11) is -2.32. The molecule has 0 radical (unpaired) electrons. The molecule has 2 heterocycles. The van der Waals surface area contributed by atoms with Crippen molar-refractivity contribution in [3.05, 3.63) is 54.5 Å². The van der Waals surface area contributed by atoms with Gasteiger partial charge in [-0.05, 0) is 24.3 Å². The predicted octanol–water partition coefficient (Wildman–Crippen LogP) is 3.08. The number of fused-ring (bicyclic) bond motifs is 1. The van der Waals surface area contributed by atoms with Gasteiger partial charge in [-0.2, -0.15) is 13.2 Å². The first kappa shape index (κ1) is 20.5. The highest BCUT2D eigenvalue weighted by Crippen LogP contribution is 2.26. The fraction of sp³-hybridized carbons (Fsp3) is 0.167. The quantitative estimate of drug-likeness (QED) is 0.484. The zero-order chi connectivity index (χ0) is 21.4. The van der Waals surface area contributed by atoms with Crippen molar-refractivity contribution in [1.29, 1.82) is 0 Å². The van der Waals surface area contributed by atoms with Crippen LogP contribution in [-0.2, 0) is 21.9 Å². The Labute approximate surface area is 163 Å². The van der Waals surface area contributed by atoms with Gasteiger partial charge >= 0.3 is 6.18 Å². The summed E-state index contributed by atoms with van der Waals surface area (Å²) >= 11 is 0. The maximum Gasteiger partial charge on any atom is 0.450 e. The van der Waals surface area contributed by atoms with E-state index in [1.54, 1.807) is 29.9 Å². The van der Waals surface area contributed by atoms with Crippen LogP contribution in [0, 0.1) is 0 Å². The lowest BCUT2D eigenvalue weighted by Gasteiger charge is -2.11. The number of pyridine rings is 1. The number of hydrogen-bond donors (Lipinski definition) is 1. The normalized spacial score (nSPS) is 12.1. The van der Waals surface area contributed by atoms with E-state index in [0.717, 1.165) is 23.7 Å². The van der Waals surface area contributed by atoms with Gasteiger partial charge in [-0.1, -0.05) is 12.1 Å². The molecule has 3 rings (SSSR count). The van der Waals surface area contributed by atoms with Crippen LogP contribution in [0.1, 0.15) is 16.9 Å². The molecule has 0 saturated carbocycles. The first-order valence-electron chi connectivity index (χ1n) is 8.15. The van der Waals surface area contributed by atoms with Gasteiger partial charge in [-0.3, -0.25) is 19.3 Å². The standard InChI is InChI=1S/C18H14F3N3O4S/c1-24-8-7-11-3-2-4-14(17(11)24)23-29(27,28)12-5-6-13(22-10-12)15(25)9-16(26)18(19,20)21/h2-8,10,23H,9H2,1H3. The Morgan fingerprint density at radius 2 is 1.86 bits per heavy atom. The highest BCUT2D eigenvalue weighted by molar-refractivity contribution is 7.92. The Bertz CT molecular complexity index is 1200. The van der Waals surface area contributed by atoms with Crippen LogP contribution in [-0.4, -0.2) is 35.7 Å². The largest absolute Gasteiger partial charge is 0.450 e. The molecule has 0 fully saturated rings. The molecule has 11 heteroatoms. The second-order valence-corrected chi connectivity index (χ2v) is 7.86. The van der Waals surface area contributed by atoms with Crippen LogP contribution < -0.4 is 4.72 Å². The first-order chi connectivity index (χ1) is 13.5. The molecule has 0 aliphatic rings. The molecule has 2 aromatic heterocycles. The van der Waals surface area contributed by atoms with Crippen LogP contribution in [0.3, 0.4) is 0 Å². The van der Waals surface area contributed by atoms with Crippen LogP contribution in [0.25, 0.3) is 10.9 Å². The number of nitrogens with one attached hydrogen (secondary N) is 1. The number of ketones is 2. The Hall–Kier alpha value is -3.21. The van der Waals surface area contributed by atoms with Crippen LogP contribution in [0.15, 0.2) is 53.7 Å². The van der Waals surface area contributed by atoms with Crippen LogP contribution in [0.4, 0.5) is 18.9 Å². The number of carbonyl (C=O) groups excluding carboxylic acids is 2. The molecule has 0 saturated heterocycles. The Balaban J connectivity index is 1.82. The molecule has 0 aliphatic heterocycles. The molecule has 29 heavy (non-hydrogen) atoms. The highest BCUT2D eigenvalue weighted by atomic mass is 32.2. The smallest absolute Gasteiger partial charge is 0.349 e. The third-order valence-electron chi connectivity index (χ3n) is 4.11. The lowest BCUT2D eigenvalue weighted by Crippen LogP contribution is -2.25. The van der Waals surface area contributed by atoms with Crippen molar-refractivity contribution in [3.8, 4) is 0 Å². The molecule has 1 aromatic carbocycles. The van der Waals surface area contributed by atoms with E-state index >= 15 is 0 Å². The summed E-state index contributed by atoms with van der Waals surface area (Å²) in [4.78, 5) is 26.0. The SMILES string of the molecule is Cn1ccc2cccc(NS(=O)(=O)c3ccc(C(=O)CC(=O)C(F)(F)F)nc3)c21. The van der Waals surface area contributed by atoms with Gasteiger partial charge < -0.3 is 4.57 Å². The van der Waals surface area contributed by atoms with Gasteiger partial charge in [0.05, 0.1) is 17.6 Å². The van der Waals surface area contributed by atoms with Gasteiger partial charge in [-0.25, -0.2) is 8.42 Å². The highest BCUT2D eigenvalue weighted by Gasteiger charge is 2.39. The van der Waals surface area contributed by atoms with Crippen molar-refractivity contribution in [2.45, 2.75) is 17.5 Å². The minimum absolute atomic E-state index is 0.289. The van der Waals surface area contributed by atoms with Gasteiger partial charge in [-0.15, -0.1) is 0 Å². The maximum absolute atomic E-state index is 12.6. The summed E-state index contributed by atoms with van der Waals surface area (Å²) in [6.45, 7) is 0. The summed E-state index contributed by atoms with van der Waals surface area (Å²) in [5.41, 5.74) is 0.540. The van der Waals surface area contributed by atoms with E-state index in [4.69, 9.17) is 0 Å². The first-order valence-corrected chi connectivity index (χ1v) is 9.63. The lowest BCUT2D eigenvalue weighted by molar-refractivity contribution is -0.170. The maximum atomic E-state index is 12.6. The fourth-order valence-corrected chi connectivity index (χ4v) is 3.69. The van der Waals surface area contributed by atoms with E-state index in [0.29, 0.717) is 11.2 Å². The molecule has 3 aromatic rings. The van der Waals surface area contributed by atoms with Gasteiger partial charge in [0.1, 0.15) is 10.6 Å². The van der Waals surface area contributed by atoms with Crippen molar-refractivity contribution >= 4 is 38.2 Å². The van der Waals surface area contributed by atoms with Crippen molar-refractivity contribution in [3.63, 3.8) is 0 Å². The number of hydrogen-bond acceptors (Lipinski definition) is 5. The van der Waals surface area contributed by atoms with Gasteiger partial charge in [0.15, 0.2) is 5.78 Å². The number of carbonyl (C=O) groups is 2. The minimum atomic E-state index is -5.12. The number of sulfonamides is 1. The number of Topliss-reactive ketones (excluding diaryl/α,β-unsaturated/α-hetero) is 2. The molecule has 1 N–H and O–H groups in total. The number of alkyl halides is 3. The number of aryl methyl sites for hydroxylation is 1. The zero-order valence-corrected chi connectivity index (χ0v) is 15.7. The summed E-state index contributed by atoms with van der Waals surface area (Å²) < 4.78 is 66.2. The van der Waals surface area contributed by atoms with Crippen LogP contribution >= 0.6 is 0 Å². The number of anilines is 1. The molecule has 0 unspecified atom stereocenters. The summed E-state index contributed by atoms with van der Waals surface area (Å²) in [5.74, 6) is -3.35. The second kappa shape index (κ2) is 7.32. The molecular formula is C18H14F3N3O4S. The monoisotopic (exact) mass is 425 g/mol. The summed E-state index contributed by atoms with van der Waals surface area (Å²) in [5, 5.41) is 0.820. The number of rotatable bonds is 6. The number of benzene rings is 1. The van der Waals surface area contributed by atoms with Crippen LogP contribution in [0.5, 0.6) is 0 Å². The zero-order valence-electron chi connectivity index (χ0n) is 14.9. The van der Waals surface area contributed by atoms with Crippen molar-refractivity contribution in [2.75, 3.05) is 4.72 Å². The topological polar surface area (TPSA) is 98.1 Å². The fourth-order valence-electron chi connectivity index (χ4n) is 2.68. The van der Waals surface area contributed by atoms with E-state index in [1.807, 2.05) is 12.1 Å². The van der Waals surface area contributed by atoms with Crippen molar-refractivity contribution < 1.29 is 31.2 Å². The molecule has 0 aliphatic carbocycles. The number of para-hydroxylation sites is 1. The third kappa shape index (κ3) is 4.29. The lowest BCUT2D eigenvalue weighted by atomic mass is 10.1. The second-order valence-electron chi connectivity index (χ2n) is 6.18. The summed E-state index contributed by atoms with van der Waals surface area (Å²) in [6, 6.07) is 8.88. The van der Waals surface area contributed by atoms with Gasteiger partial charge in [0.25, 0.3) is 10.0 Å². The predicted molar refractivity (Wildman–Crippen MR) is 98.0 cm³/mol. The molecule has 0 spiro atoms. The Morgan fingerprint density at radius 1 is 1.14 bits per heavy atom. The van der Waals surface area contributed by atoms with Gasteiger partial charge in [0, 0.05) is 24.8 Å².